The molecular weight excluding hydrogens is 239 g/mol. The summed E-state index contributed by atoms with van der Waals surface area (Å²) in [6, 6.07) is 0.0836. The van der Waals surface area contributed by atoms with Crippen molar-refractivity contribution < 1.29 is 13.2 Å². The summed E-state index contributed by atoms with van der Waals surface area (Å²) in [5, 5.41) is 3.33. The second-order valence-corrected chi connectivity index (χ2v) is 6.35. The minimum Gasteiger partial charge on any atom is -0.314 e. The fraction of sp³-hybridized carbons (Fsp3) is 1.00. The van der Waals surface area contributed by atoms with Crippen LogP contribution in [-0.4, -0.2) is 18.8 Å². The van der Waals surface area contributed by atoms with Gasteiger partial charge in [-0.1, -0.05) is 20.3 Å². The van der Waals surface area contributed by atoms with Crippen molar-refractivity contribution in [3.63, 3.8) is 0 Å². The fourth-order valence-corrected chi connectivity index (χ4v) is 3.56. The Morgan fingerprint density at radius 3 is 2.28 bits per heavy atom. The monoisotopic (exact) mass is 263 g/mol. The van der Waals surface area contributed by atoms with Crippen molar-refractivity contribution in [3.05, 3.63) is 0 Å². The summed E-state index contributed by atoms with van der Waals surface area (Å²) in [6.07, 6.45) is -0.125. The lowest BCUT2D eigenvalue weighted by molar-refractivity contribution is -0.184. The van der Waals surface area contributed by atoms with E-state index in [0.717, 1.165) is 18.8 Å². The van der Waals surface area contributed by atoms with Crippen LogP contribution < -0.4 is 5.32 Å². The first kappa shape index (κ1) is 14.2. The molecule has 2 rings (SSSR count). The smallest absolute Gasteiger partial charge is 0.314 e. The van der Waals surface area contributed by atoms with E-state index in [9.17, 15) is 13.2 Å². The maximum absolute atomic E-state index is 12.8. The van der Waals surface area contributed by atoms with Gasteiger partial charge in [-0.2, -0.15) is 13.2 Å². The predicted octanol–water partition coefficient (Wildman–Crippen LogP) is 3.99. The van der Waals surface area contributed by atoms with Crippen molar-refractivity contribution in [2.75, 3.05) is 6.54 Å². The van der Waals surface area contributed by atoms with Gasteiger partial charge in [0.05, 0.1) is 5.92 Å². The molecule has 0 radical (unpaired) electrons. The van der Waals surface area contributed by atoms with Gasteiger partial charge in [0.25, 0.3) is 0 Å². The van der Waals surface area contributed by atoms with Crippen LogP contribution in [0, 0.1) is 23.7 Å². The van der Waals surface area contributed by atoms with Crippen molar-refractivity contribution in [2.45, 2.75) is 58.2 Å². The quantitative estimate of drug-likeness (QED) is 0.754. The Hall–Kier alpha value is -0.250. The number of alkyl halides is 3. The summed E-state index contributed by atoms with van der Waals surface area (Å²) in [5.41, 5.74) is 0. The van der Waals surface area contributed by atoms with Crippen LogP contribution in [0.15, 0.2) is 0 Å². The number of halogens is 3. The van der Waals surface area contributed by atoms with E-state index in [0.29, 0.717) is 18.4 Å². The van der Waals surface area contributed by atoms with Crippen molar-refractivity contribution in [1.29, 1.82) is 0 Å². The van der Waals surface area contributed by atoms with Gasteiger partial charge in [0, 0.05) is 6.04 Å². The first-order chi connectivity index (χ1) is 8.38. The zero-order valence-corrected chi connectivity index (χ0v) is 11.3. The summed E-state index contributed by atoms with van der Waals surface area (Å²) in [7, 11) is 0. The van der Waals surface area contributed by atoms with E-state index in [2.05, 4.69) is 19.2 Å². The Bertz CT molecular complexity index is 277. The molecule has 4 heteroatoms. The molecule has 0 aromatic heterocycles. The van der Waals surface area contributed by atoms with Crippen molar-refractivity contribution >= 4 is 0 Å². The molecule has 0 spiro atoms. The highest BCUT2D eigenvalue weighted by atomic mass is 19.4. The summed E-state index contributed by atoms with van der Waals surface area (Å²) in [6.45, 7) is 5.02. The van der Waals surface area contributed by atoms with E-state index in [1.54, 1.807) is 0 Å². The van der Waals surface area contributed by atoms with Crippen molar-refractivity contribution in [2.24, 2.45) is 23.7 Å². The van der Waals surface area contributed by atoms with E-state index in [4.69, 9.17) is 0 Å². The second kappa shape index (κ2) is 5.40. The average molecular weight is 263 g/mol. The molecule has 1 saturated carbocycles. The first-order valence-electron chi connectivity index (χ1n) is 7.18. The maximum atomic E-state index is 12.8. The number of rotatable bonds is 1. The van der Waals surface area contributed by atoms with Crippen LogP contribution in [0.5, 0.6) is 0 Å². The molecule has 0 bridgehead atoms. The zero-order chi connectivity index (χ0) is 13.3. The van der Waals surface area contributed by atoms with E-state index >= 15 is 0 Å². The molecule has 0 amide bonds. The molecule has 1 aliphatic heterocycles. The summed E-state index contributed by atoms with van der Waals surface area (Å²) in [4.78, 5) is 0. The molecule has 1 N–H and O–H groups in total. The molecule has 2 aliphatic rings. The lowest BCUT2D eigenvalue weighted by Gasteiger charge is -2.41. The molecular formula is C14H24F3N. The molecule has 1 nitrogen and oxygen atoms in total. The van der Waals surface area contributed by atoms with E-state index in [1.807, 2.05) is 0 Å². The number of hydrogen-bond donors (Lipinski definition) is 1. The van der Waals surface area contributed by atoms with E-state index < -0.39 is 12.1 Å². The molecule has 0 aromatic rings. The highest BCUT2D eigenvalue weighted by molar-refractivity contribution is 4.89. The van der Waals surface area contributed by atoms with Crippen LogP contribution in [0.4, 0.5) is 13.2 Å². The highest BCUT2D eigenvalue weighted by Gasteiger charge is 2.44. The molecule has 2 fully saturated rings. The van der Waals surface area contributed by atoms with Gasteiger partial charge in [0.1, 0.15) is 0 Å². The molecule has 1 saturated heterocycles. The topological polar surface area (TPSA) is 12.0 Å². The Morgan fingerprint density at radius 1 is 0.944 bits per heavy atom. The van der Waals surface area contributed by atoms with Gasteiger partial charge in [0.15, 0.2) is 0 Å². The third-order valence-corrected chi connectivity index (χ3v) is 5.11. The summed E-state index contributed by atoms with van der Waals surface area (Å²) >= 11 is 0. The Labute approximate surface area is 108 Å². The van der Waals surface area contributed by atoms with Gasteiger partial charge in [-0.3, -0.25) is 0 Å². The largest absolute Gasteiger partial charge is 0.391 e. The van der Waals surface area contributed by atoms with Crippen LogP contribution >= 0.6 is 0 Å². The van der Waals surface area contributed by atoms with Crippen molar-refractivity contribution in [1.82, 2.24) is 5.32 Å². The molecule has 1 aliphatic carbocycles. The zero-order valence-electron chi connectivity index (χ0n) is 11.3. The summed E-state index contributed by atoms with van der Waals surface area (Å²) < 4.78 is 38.4. The summed E-state index contributed by atoms with van der Waals surface area (Å²) in [5.74, 6) is 0.736. The lowest BCUT2D eigenvalue weighted by atomic mass is 9.71. The van der Waals surface area contributed by atoms with Gasteiger partial charge < -0.3 is 5.32 Å². The molecule has 5 unspecified atom stereocenters. The van der Waals surface area contributed by atoms with Crippen LogP contribution in [0.3, 0.4) is 0 Å². The molecule has 106 valence electrons. The average Bonchev–Trinajstić information content (AvgIpc) is 2.32. The standard InChI is InChI=1S/C14H24F3N/c1-9-3-4-11(7-10(9)2)13-8-12(5-6-18-13)14(15,16)17/h9-13,18H,3-8H2,1-2H3. The Morgan fingerprint density at radius 2 is 1.67 bits per heavy atom. The van der Waals surface area contributed by atoms with Crippen LogP contribution in [0.1, 0.15) is 46.0 Å². The van der Waals surface area contributed by atoms with E-state index in [1.165, 1.54) is 6.42 Å². The molecule has 5 atom stereocenters. The number of hydrogen-bond acceptors (Lipinski definition) is 1. The normalized spacial score (nSPS) is 42.8. The first-order valence-corrected chi connectivity index (χ1v) is 7.18. The van der Waals surface area contributed by atoms with Crippen LogP contribution in [-0.2, 0) is 0 Å². The van der Waals surface area contributed by atoms with Gasteiger partial charge >= 0.3 is 6.18 Å². The molecule has 0 aromatic carbocycles. The fourth-order valence-electron chi connectivity index (χ4n) is 3.56. The van der Waals surface area contributed by atoms with E-state index in [-0.39, 0.29) is 18.9 Å². The minimum absolute atomic E-state index is 0.0836. The SMILES string of the molecule is CC1CCC(C2CC(C(F)(F)F)CCN2)CC1C. The van der Waals surface area contributed by atoms with Gasteiger partial charge in [0.2, 0.25) is 0 Å². The predicted molar refractivity (Wildman–Crippen MR) is 66.2 cm³/mol. The molecule has 1 heterocycles. The lowest BCUT2D eigenvalue weighted by Crippen LogP contribution is -2.47. The minimum atomic E-state index is -4.01. The van der Waals surface area contributed by atoms with Crippen molar-refractivity contribution in [3.8, 4) is 0 Å². The van der Waals surface area contributed by atoms with Gasteiger partial charge in [-0.15, -0.1) is 0 Å². The van der Waals surface area contributed by atoms with Gasteiger partial charge in [-0.05, 0) is 50.0 Å². The second-order valence-electron chi connectivity index (χ2n) is 6.35. The maximum Gasteiger partial charge on any atom is 0.391 e. The Balaban J connectivity index is 1.93. The van der Waals surface area contributed by atoms with Crippen LogP contribution in [0.2, 0.25) is 0 Å². The number of nitrogens with one attached hydrogen (secondary N) is 1. The highest BCUT2D eigenvalue weighted by Crippen LogP contribution is 2.40. The third kappa shape index (κ3) is 3.19. The Kier molecular flexibility index (Phi) is 4.25. The number of piperidine rings is 1. The van der Waals surface area contributed by atoms with Gasteiger partial charge in [-0.25, -0.2) is 0 Å². The van der Waals surface area contributed by atoms with Crippen LogP contribution in [0.25, 0.3) is 0 Å². The molecule has 18 heavy (non-hydrogen) atoms. The third-order valence-electron chi connectivity index (χ3n) is 5.11.